The zero-order chi connectivity index (χ0) is 21.3. The molecule has 2 aromatic rings. The Balaban J connectivity index is 1.35. The summed E-state index contributed by atoms with van der Waals surface area (Å²) < 4.78 is 0. The Morgan fingerprint density at radius 2 is 1.90 bits per heavy atom. The largest absolute Gasteiger partial charge is 0.334 e. The highest BCUT2D eigenvalue weighted by atomic mass is 35.5. The number of amides is 4. The molecular weight excluding hydrogens is 427 g/mol. The standard InChI is InChI=1S/C21H20Cl2N4O3/c22-15-3-4-16(23)17(8-15)25-21(30)24-9-12-1-2-13-10-27(11-14(13)7-12)18-5-6-19(28)26-20(18)29/h1-4,7-8,18H,5-6,9-11H2,(H2,24,25,30)(H,26,28,29). The summed E-state index contributed by atoms with van der Waals surface area (Å²) in [5.74, 6) is -0.434. The lowest BCUT2D eigenvalue weighted by Gasteiger charge is -2.29. The molecule has 9 heteroatoms. The number of hydrogen-bond acceptors (Lipinski definition) is 4. The van der Waals surface area contributed by atoms with Gasteiger partial charge in [-0.3, -0.25) is 19.8 Å². The number of nitrogens with zero attached hydrogens (tertiary/aromatic N) is 1. The minimum atomic E-state index is -0.384. The predicted molar refractivity (Wildman–Crippen MR) is 114 cm³/mol. The fraction of sp³-hybridized carbons (Fsp3) is 0.286. The number of fused-ring (bicyclic) bond motifs is 1. The Bertz CT molecular complexity index is 1030. The van der Waals surface area contributed by atoms with E-state index in [0.29, 0.717) is 48.2 Å². The van der Waals surface area contributed by atoms with Gasteiger partial charge in [0.05, 0.1) is 16.8 Å². The molecule has 1 unspecified atom stereocenters. The second kappa shape index (κ2) is 8.63. The monoisotopic (exact) mass is 446 g/mol. The van der Waals surface area contributed by atoms with Gasteiger partial charge in [0.15, 0.2) is 0 Å². The number of urea groups is 1. The van der Waals surface area contributed by atoms with Gasteiger partial charge < -0.3 is 10.6 Å². The number of nitrogens with one attached hydrogen (secondary N) is 3. The van der Waals surface area contributed by atoms with E-state index in [9.17, 15) is 14.4 Å². The summed E-state index contributed by atoms with van der Waals surface area (Å²) in [7, 11) is 0. The minimum absolute atomic E-state index is 0.210. The first-order valence-electron chi connectivity index (χ1n) is 9.57. The van der Waals surface area contributed by atoms with Crippen molar-refractivity contribution in [3.8, 4) is 0 Å². The van der Waals surface area contributed by atoms with Crippen LogP contribution in [0.1, 0.15) is 29.5 Å². The maximum absolute atomic E-state index is 12.2. The van der Waals surface area contributed by atoms with E-state index >= 15 is 0 Å². The van der Waals surface area contributed by atoms with Crippen LogP contribution in [0.2, 0.25) is 10.0 Å². The molecule has 4 rings (SSSR count). The molecule has 30 heavy (non-hydrogen) atoms. The normalized spacial score (nSPS) is 18.7. The molecule has 2 heterocycles. The third-order valence-electron chi connectivity index (χ3n) is 5.30. The fourth-order valence-corrected chi connectivity index (χ4v) is 4.11. The zero-order valence-electron chi connectivity index (χ0n) is 16.0. The number of benzene rings is 2. The molecular formula is C21H20Cl2N4O3. The van der Waals surface area contributed by atoms with E-state index < -0.39 is 0 Å². The molecule has 156 valence electrons. The van der Waals surface area contributed by atoms with Crippen molar-refractivity contribution < 1.29 is 14.4 Å². The van der Waals surface area contributed by atoms with E-state index in [4.69, 9.17) is 23.2 Å². The van der Waals surface area contributed by atoms with Gasteiger partial charge in [0.2, 0.25) is 11.8 Å². The van der Waals surface area contributed by atoms with Crippen LogP contribution in [0.5, 0.6) is 0 Å². The van der Waals surface area contributed by atoms with E-state index in [1.807, 2.05) is 18.2 Å². The summed E-state index contributed by atoms with van der Waals surface area (Å²) in [6.45, 7) is 1.65. The number of anilines is 1. The molecule has 0 bridgehead atoms. The maximum atomic E-state index is 12.2. The van der Waals surface area contributed by atoms with Gasteiger partial charge in [-0.05, 0) is 41.3 Å². The van der Waals surface area contributed by atoms with E-state index in [0.717, 1.165) is 16.7 Å². The number of rotatable bonds is 4. The summed E-state index contributed by atoms with van der Waals surface area (Å²) in [6, 6.07) is 10.2. The van der Waals surface area contributed by atoms with Gasteiger partial charge in [-0.25, -0.2) is 4.79 Å². The van der Waals surface area contributed by atoms with Crippen molar-refractivity contribution in [3.05, 3.63) is 63.1 Å². The summed E-state index contributed by atoms with van der Waals surface area (Å²) in [4.78, 5) is 37.8. The molecule has 2 aliphatic rings. The summed E-state index contributed by atoms with van der Waals surface area (Å²) in [6.07, 6.45) is 0.906. The van der Waals surface area contributed by atoms with E-state index in [1.54, 1.807) is 18.2 Å². The number of piperidine rings is 1. The van der Waals surface area contributed by atoms with E-state index in [-0.39, 0.29) is 23.9 Å². The van der Waals surface area contributed by atoms with Crippen molar-refractivity contribution in [2.75, 3.05) is 5.32 Å². The number of imide groups is 1. The lowest BCUT2D eigenvalue weighted by molar-refractivity contribution is -0.137. The summed E-state index contributed by atoms with van der Waals surface area (Å²) in [5, 5.41) is 8.79. The van der Waals surface area contributed by atoms with Crippen LogP contribution in [-0.4, -0.2) is 28.8 Å². The molecule has 2 aliphatic heterocycles. The Morgan fingerprint density at radius 3 is 2.70 bits per heavy atom. The van der Waals surface area contributed by atoms with Crippen LogP contribution in [0.4, 0.5) is 10.5 Å². The lowest BCUT2D eigenvalue weighted by atomic mass is 10.0. The Morgan fingerprint density at radius 1 is 1.10 bits per heavy atom. The van der Waals surface area contributed by atoms with Crippen LogP contribution >= 0.6 is 23.2 Å². The molecule has 1 atom stereocenters. The summed E-state index contributed by atoms with van der Waals surface area (Å²) in [5.41, 5.74) is 3.66. The molecule has 2 aromatic carbocycles. The van der Waals surface area contributed by atoms with Crippen LogP contribution in [0.3, 0.4) is 0 Å². The van der Waals surface area contributed by atoms with Crippen molar-refractivity contribution >= 4 is 46.7 Å². The van der Waals surface area contributed by atoms with Crippen LogP contribution in [-0.2, 0) is 29.2 Å². The van der Waals surface area contributed by atoms with Crippen molar-refractivity contribution in [2.24, 2.45) is 0 Å². The van der Waals surface area contributed by atoms with Gasteiger partial charge in [0, 0.05) is 31.1 Å². The van der Waals surface area contributed by atoms with Crippen molar-refractivity contribution in [1.82, 2.24) is 15.5 Å². The molecule has 4 amide bonds. The van der Waals surface area contributed by atoms with Gasteiger partial charge >= 0.3 is 6.03 Å². The summed E-state index contributed by atoms with van der Waals surface area (Å²) >= 11 is 12.0. The molecule has 1 saturated heterocycles. The third-order valence-corrected chi connectivity index (χ3v) is 5.86. The minimum Gasteiger partial charge on any atom is -0.334 e. The average molecular weight is 447 g/mol. The lowest BCUT2D eigenvalue weighted by Crippen LogP contribution is -2.50. The smallest absolute Gasteiger partial charge is 0.319 e. The number of hydrogen-bond donors (Lipinski definition) is 3. The highest BCUT2D eigenvalue weighted by molar-refractivity contribution is 6.35. The first kappa shape index (κ1) is 20.7. The van der Waals surface area contributed by atoms with Gasteiger partial charge in [0.1, 0.15) is 0 Å². The Kier molecular flexibility index (Phi) is 5.94. The van der Waals surface area contributed by atoms with Crippen molar-refractivity contribution in [2.45, 2.75) is 38.5 Å². The molecule has 1 fully saturated rings. The van der Waals surface area contributed by atoms with E-state index in [2.05, 4.69) is 20.9 Å². The molecule has 3 N–H and O–H groups in total. The Labute approximate surface area is 183 Å². The highest BCUT2D eigenvalue weighted by Gasteiger charge is 2.34. The van der Waals surface area contributed by atoms with Gasteiger partial charge in [0.25, 0.3) is 0 Å². The van der Waals surface area contributed by atoms with Crippen LogP contribution in [0.15, 0.2) is 36.4 Å². The Hall–Kier alpha value is -2.61. The number of carbonyl (C=O) groups is 3. The quantitative estimate of drug-likeness (QED) is 0.627. The number of halogens is 2. The van der Waals surface area contributed by atoms with Gasteiger partial charge in [-0.2, -0.15) is 0 Å². The maximum Gasteiger partial charge on any atom is 0.319 e. The first-order valence-corrected chi connectivity index (χ1v) is 10.3. The zero-order valence-corrected chi connectivity index (χ0v) is 17.5. The second-order valence-electron chi connectivity index (χ2n) is 7.41. The SMILES string of the molecule is O=C1CCC(N2Cc3ccc(CNC(=O)Nc4cc(Cl)ccc4Cl)cc3C2)C(=O)N1. The average Bonchev–Trinajstić information content (AvgIpc) is 3.12. The molecule has 0 aromatic heterocycles. The highest BCUT2D eigenvalue weighted by Crippen LogP contribution is 2.28. The fourth-order valence-electron chi connectivity index (χ4n) is 3.78. The van der Waals surface area contributed by atoms with Crippen LogP contribution in [0, 0.1) is 0 Å². The van der Waals surface area contributed by atoms with Crippen molar-refractivity contribution in [3.63, 3.8) is 0 Å². The van der Waals surface area contributed by atoms with Gasteiger partial charge in [-0.15, -0.1) is 0 Å². The van der Waals surface area contributed by atoms with Crippen molar-refractivity contribution in [1.29, 1.82) is 0 Å². The second-order valence-corrected chi connectivity index (χ2v) is 8.25. The van der Waals surface area contributed by atoms with Crippen LogP contribution in [0.25, 0.3) is 0 Å². The predicted octanol–water partition coefficient (Wildman–Crippen LogP) is 3.44. The van der Waals surface area contributed by atoms with Gasteiger partial charge in [-0.1, -0.05) is 41.4 Å². The van der Waals surface area contributed by atoms with E-state index in [1.165, 1.54) is 0 Å². The third kappa shape index (κ3) is 4.59. The topological polar surface area (TPSA) is 90.5 Å². The molecule has 0 radical (unpaired) electrons. The van der Waals surface area contributed by atoms with Crippen LogP contribution < -0.4 is 16.0 Å². The molecule has 7 nitrogen and oxygen atoms in total. The number of carbonyl (C=O) groups excluding carboxylic acids is 3. The molecule has 0 aliphatic carbocycles. The molecule has 0 saturated carbocycles. The molecule has 0 spiro atoms. The first-order chi connectivity index (χ1) is 14.4.